The lowest BCUT2D eigenvalue weighted by atomic mass is 10.2. The zero-order chi connectivity index (χ0) is 17.4. The molecule has 0 unspecified atom stereocenters. The summed E-state index contributed by atoms with van der Waals surface area (Å²) in [6, 6.07) is 1.90. The zero-order valence-electron chi connectivity index (χ0n) is 13.6. The number of fused-ring (bicyclic) bond motifs is 1. The molecule has 9 heteroatoms. The first kappa shape index (κ1) is 15.5. The smallest absolute Gasteiger partial charge is 0.0999 e. The molecular weight excluding hydrogens is 322 g/mol. The highest BCUT2D eigenvalue weighted by atomic mass is 16.3. The Kier molecular flexibility index (Phi) is 3.79. The Morgan fingerprint density at radius 1 is 1.08 bits per heavy atom. The molecule has 0 saturated heterocycles. The van der Waals surface area contributed by atoms with E-state index < -0.39 is 6.10 Å². The number of hydrogen-bond donors (Lipinski definition) is 2. The van der Waals surface area contributed by atoms with Crippen LogP contribution < -0.4 is 0 Å². The van der Waals surface area contributed by atoms with E-state index in [9.17, 15) is 5.11 Å². The molecule has 0 amide bonds. The van der Waals surface area contributed by atoms with E-state index in [1.165, 1.54) is 0 Å². The van der Waals surface area contributed by atoms with Gasteiger partial charge < -0.3 is 10.2 Å². The Morgan fingerprint density at radius 2 is 1.92 bits per heavy atom. The van der Waals surface area contributed by atoms with Crippen LogP contribution in [0, 0.1) is 0 Å². The van der Waals surface area contributed by atoms with Crippen LogP contribution in [0.15, 0.2) is 43.2 Å². The summed E-state index contributed by atoms with van der Waals surface area (Å²) in [6.07, 6.45) is 9.83. The third-order valence-electron chi connectivity index (χ3n) is 3.91. The van der Waals surface area contributed by atoms with E-state index in [-0.39, 0.29) is 13.2 Å². The molecule has 25 heavy (non-hydrogen) atoms. The quantitative estimate of drug-likeness (QED) is 0.543. The van der Waals surface area contributed by atoms with Crippen LogP contribution in [0.1, 0.15) is 0 Å². The van der Waals surface area contributed by atoms with E-state index in [1.807, 2.05) is 25.5 Å². The lowest BCUT2D eigenvalue weighted by molar-refractivity contribution is 0.0783. The second kappa shape index (κ2) is 6.11. The average molecular weight is 339 g/mol. The maximum Gasteiger partial charge on any atom is 0.0999 e. The first-order valence-corrected chi connectivity index (χ1v) is 7.79. The maximum atomic E-state index is 9.55. The highest BCUT2D eigenvalue weighted by molar-refractivity contribution is 5.78. The molecule has 0 saturated carbocycles. The number of aromatic nitrogens is 7. The van der Waals surface area contributed by atoms with Crippen molar-refractivity contribution in [1.82, 2.24) is 34.2 Å². The SMILES string of the molecule is Cn1cc(-c2nc(-c3cnn(C[C@@H](O)CO)c3)cn3nccc23)cn1. The van der Waals surface area contributed by atoms with Crippen molar-refractivity contribution in [3.05, 3.63) is 43.2 Å². The highest BCUT2D eigenvalue weighted by Gasteiger charge is 2.14. The van der Waals surface area contributed by atoms with Crippen LogP contribution in [0.5, 0.6) is 0 Å². The van der Waals surface area contributed by atoms with E-state index in [2.05, 4.69) is 15.3 Å². The average Bonchev–Trinajstić information content (AvgIpc) is 3.33. The van der Waals surface area contributed by atoms with Crippen molar-refractivity contribution in [2.75, 3.05) is 6.61 Å². The number of nitrogens with zero attached hydrogens (tertiary/aromatic N) is 7. The predicted octanol–water partition coefficient (Wildman–Crippen LogP) is 0.346. The van der Waals surface area contributed by atoms with Crippen LogP contribution in [0.2, 0.25) is 0 Å². The molecule has 4 aromatic heterocycles. The van der Waals surface area contributed by atoms with Crippen LogP contribution in [0.25, 0.3) is 28.0 Å². The molecule has 4 heterocycles. The van der Waals surface area contributed by atoms with Gasteiger partial charge in [0.2, 0.25) is 0 Å². The molecule has 4 rings (SSSR count). The van der Waals surface area contributed by atoms with Gasteiger partial charge in [0.05, 0.1) is 60.9 Å². The van der Waals surface area contributed by atoms with E-state index >= 15 is 0 Å². The molecule has 1 atom stereocenters. The van der Waals surface area contributed by atoms with Crippen molar-refractivity contribution in [3.8, 4) is 22.5 Å². The topological polar surface area (TPSA) is 106 Å². The molecule has 0 fully saturated rings. The molecule has 0 bridgehead atoms. The number of aliphatic hydroxyl groups excluding tert-OH is 2. The van der Waals surface area contributed by atoms with E-state index in [1.54, 1.807) is 38.7 Å². The van der Waals surface area contributed by atoms with Gasteiger partial charge in [0.1, 0.15) is 0 Å². The largest absolute Gasteiger partial charge is 0.394 e. The molecule has 0 aliphatic rings. The van der Waals surface area contributed by atoms with E-state index in [0.717, 1.165) is 22.3 Å². The van der Waals surface area contributed by atoms with Crippen LogP contribution in [-0.2, 0) is 13.6 Å². The molecule has 0 aromatic carbocycles. The molecule has 0 radical (unpaired) electrons. The Morgan fingerprint density at radius 3 is 2.68 bits per heavy atom. The summed E-state index contributed by atoms with van der Waals surface area (Å²) in [5.74, 6) is 0. The van der Waals surface area contributed by atoms with Crippen LogP contribution in [0.4, 0.5) is 0 Å². The molecular formula is C16H17N7O2. The van der Waals surface area contributed by atoms with Crippen molar-refractivity contribution in [2.45, 2.75) is 12.6 Å². The Bertz CT molecular complexity index is 1020. The second-order valence-electron chi connectivity index (χ2n) is 5.83. The summed E-state index contributed by atoms with van der Waals surface area (Å²) >= 11 is 0. The minimum atomic E-state index is -0.847. The van der Waals surface area contributed by atoms with Gasteiger partial charge in [-0.25, -0.2) is 9.50 Å². The molecule has 9 nitrogen and oxygen atoms in total. The lowest BCUT2D eigenvalue weighted by Crippen LogP contribution is -2.19. The van der Waals surface area contributed by atoms with Gasteiger partial charge in [-0.15, -0.1) is 0 Å². The number of aryl methyl sites for hydroxylation is 1. The van der Waals surface area contributed by atoms with Crippen molar-refractivity contribution in [2.24, 2.45) is 7.05 Å². The summed E-state index contributed by atoms with van der Waals surface area (Å²) < 4.78 is 5.07. The fourth-order valence-corrected chi connectivity index (χ4v) is 2.69. The van der Waals surface area contributed by atoms with Gasteiger partial charge in [0, 0.05) is 30.6 Å². The summed E-state index contributed by atoms with van der Waals surface area (Å²) in [6.45, 7) is -0.0895. The van der Waals surface area contributed by atoms with Gasteiger partial charge in [-0.1, -0.05) is 0 Å². The first-order chi connectivity index (χ1) is 12.1. The monoisotopic (exact) mass is 339 g/mol. The Balaban J connectivity index is 1.78. The van der Waals surface area contributed by atoms with Gasteiger partial charge in [0.15, 0.2) is 0 Å². The number of hydrogen-bond acceptors (Lipinski definition) is 6. The molecule has 128 valence electrons. The standard InChI is InChI=1S/C16H17N7O2/c1-21-6-12(5-18-21)16-15-2-3-17-23(15)9-14(20-16)11-4-19-22(7-11)8-13(25)10-24/h2-7,9,13,24-25H,8,10H2,1H3/t13-/m1/s1. The maximum absolute atomic E-state index is 9.55. The van der Waals surface area contributed by atoms with E-state index in [4.69, 9.17) is 10.1 Å². The molecule has 0 aliphatic heterocycles. The Hall–Kier alpha value is -3.04. The van der Waals surface area contributed by atoms with Gasteiger partial charge >= 0.3 is 0 Å². The number of rotatable bonds is 5. The number of aliphatic hydroxyl groups is 2. The molecule has 4 aromatic rings. The molecule has 2 N–H and O–H groups in total. The summed E-state index contributed by atoms with van der Waals surface area (Å²) in [4.78, 5) is 4.76. The van der Waals surface area contributed by atoms with Gasteiger partial charge in [0.25, 0.3) is 0 Å². The minimum Gasteiger partial charge on any atom is -0.394 e. The van der Waals surface area contributed by atoms with Gasteiger partial charge in [-0.2, -0.15) is 15.3 Å². The predicted molar refractivity (Wildman–Crippen MR) is 89.5 cm³/mol. The van der Waals surface area contributed by atoms with Crippen molar-refractivity contribution in [1.29, 1.82) is 0 Å². The highest BCUT2D eigenvalue weighted by Crippen LogP contribution is 2.26. The fourth-order valence-electron chi connectivity index (χ4n) is 2.69. The Labute approximate surface area is 142 Å². The van der Waals surface area contributed by atoms with Gasteiger partial charge in [-0.3, -0.25) is 9.36 Å². The zero-order valence-corrected chi connectivity index (χ0v) is 13.6. The van der Waals surface area contributed by atoms with Gasteiger partial charge in [-0.05, 0) is 6.07 Å². The van der Waals surface area contributed by atoms with Crippen LogP contribution >= 0.6 is 0 Å². The lowest BCUT2D eigenvalue weighted by Gasteiger charge is -2.06. The van der Waals surface area contributed by atoms with E-state index in [0.29, 0.717) is 5.69 Å². The first-order valence-electron chi connectivity index (χ1n) is 7.79. The third-order valence-corrected chi connectivity index (χ3v) is 3.91. The van der Waals surface area contributed by atoms with Crippen LogP contribution in [-0.4, -0.2) is 57.1 Å². The summed E-state index contributed by atoms with van der Waals surface area (Å²) in [5.41, 5.74) is 4.08. The van der Waals surface area contributed by atoms with Crippen molar-refractivity contribution < 1.29 is 10.2 Å². The minimum absolute atomic E-state index is 0.218. The molecule has 0 aliphatic carbocycles. The summed E-state index contributed by atoms with van der Waals surface area (Å²) in [7, 11) is 1.86. The van der Waals surface area contributed by atoms with Crippen LogP contribution in [0.3, 0.4) is 0 Å². The second-order valence-corrected chi connectivity index (χ2v) is 5.83. The van der Waals surface area contributed by atoms with Crippen molar-refractivity contribution >= 4 is 5.52 Å². The molecule has 0 spiro atoms. The fraction of sp³-hybridized carbons (Fsp3) is 0.250. The summed E-state index contributed by atoms with van der Waals surface area (Å²) in [5, 5.41) is 31.2. The normalized spacial score (nSPS) is 12.8. The van der Waals surface area contributed by atoms with Crippen molar-refractivity contribution in [3.63, 3.8) is 0 Å². The third kappa shape index (κ3) is 2.90.